The van der Waals surface area contributed by atoms with Gasteiger partial charge in [-0.2, -0.15) is 0 Å². The number of hydrogen-bond donors (Lipinski definition) is 1. The zero-order chi connectivity index (χ0) is 19.1. The largest absolute Gasteiger partial charge is 0.355 e. The summed E-state index contributed by atoms with van der Waals surface area (Å²) in [6.07, 6.45) is 6.37. The van der Waals surface area contributed by atoms with Gasteiger partial charge in [0.05, 0.1) is 0 Å². The van der Waals surface area contributed by atoms with Crippen LogP contribution in [0.2, 0.25) is 0 Å². The summed E-state index contributed by atoms with van der Waals surface area (Å²) in [5.41, 5.74) is 7.83. The first-order valence-corrected chi connectivity index (χ1v) is 9.20. The zero-order valence-electron chi connectivity index (χ0n) is 15.9. The van der Waals surface area contributed by atoms with Crippen LogP contribution in [0.15, 0.2) is 104 Å². The first-order valence-electron chi connectivity index (χ1n) is 9.20. The summed E-state index contributed by atoms with van der Waals surface area (Å²) in [7, 11) is 0. The van der Waals surface area contributed by atoms with Crippen LogP contribution in [0.25, 0.3) is 11.1 Å². The first-order chi connectivity index (χ1) is 13.2. The number of para-hydroxylation sites is 2. The maximum Gasteiger partial charge on any atom is 0.0463 e. The smallest absolute Gasteiger partial charge is 0.0463 e. The standard InChI is InChI=1S/C26H25N/c1-4-12-22(24-16-9-8-13-20(24)2)19-21(3)25-17-10-11-18-26(25)27-23-14-6-5-7-15-23/h4-19,27H,3H2,1-2H3/b12-4-,22-19+. The van der Waals surface area contributed by atoms with Crippen LogP contribution < -0.4 is 5.32 Å². The molecule has 0 fully saturated rings. The van der Waals surface area contributed by atoms with Crippen LogP contribution in [0.1, 0.15) is 23.6 Å². The number of nitrogens with one attached hydrogen (secondary N) is 1. The van der Waals surface area contributed by atoms with Crippen LogP contribution in [0.4, 0.5) is 11.4 Å². The predicted molar refractivity (Wildman–Crippen MR) is 119 cm³/mol. The Labute approximate surface area is 162 Å². The monoisotopic (exact) mass is 351 g/mol. The van der Waals surface area contributed by atoms with Gasteiger partial charge in [0.15, 0.2) is 0 Å². The summed E-state index contributed by atoms with van der Waals surface area (Å²) >= 11 is 0. The highest BCUT2D eigenvalue weighted by Crippen LogP contribution is 2.30. The highest BCUT2D eigenvalue weighted by atomic mass is 14.9. The third-order valence-electron chi connectivity index (χ3n) is 4.46. The van der Waals surface area contributed by atoms with Gasteiger partial charge in [0.25, 0.3) is 0 Å². The van der Waals surface area contributed by atoms with E-state index in [1.165, 1.54) is 11.1 Å². The minimum Gasteiger partial charge on any atom is -0.355 e. The normalized spacial score (nSPS) is 11.6. The van der Waals surface area contributed by atoms with E-state index in [0.29, 0.717) is 0 Å². The molecule has 0 aliphatic heterocycles. The Morgan fingerprint density at radius 3 is 2.15 bits per heavy atom. The maximum atomic E-state index is 4.35. The van der Waals surface area contributed by atoms with Crippen LogP contribution in [0.5, 0.6) is 0 Å². The van der Waals surface area contributed by atoms with Crippen LogP contribution in [0, 0.1) is 6.92 Å². The summed E-state index contributed by atoms with van der Waals surface area (Å²) in [5.74, 6) is 0. The molecule has 0 heterocycles. The fourth-order valence-electron chi connectivity index (χ4n) is 3.11. The van der Waals surface area contributed by atoms with Gasteiger partial charge < -0.3 is 5.32 Å². The Hall–Kier alpha value is -3.32. The second kappa shape index (κ2) is 8.86. The van der Waals surface area contributed by atoms with Crippen LogP contribution in [-0.4, -0.2) is 0 Å². The van der Waals surface area contributed by atoms with Gasteiger partial charge in [0, 0.05) is 16.9 Å². The van der Waals surface area contributed by atoms with Crippen molar-refractivity contribution in [3.63, 3.8) is 0 Å². The van der Waals surface area contributed by atoms with Crippen molar-refractivity contribution in [2.24, 2.45) is 0 Å². The summed E-state index contributed by atoms with van der Waals surface area (Å²) in [4.78, 5) is 0. The highest BCUT2D eigenvalue weighted by molar-refractivity contribution is 5.91. The Bertz CT molecular complexity index is 978. The van der Waals surface area contributed by atoms with Crippen LogP contribution in [-0.2, 0) is 0 Å². The molecule has 0 amide bonds. The van der Waals surface area contributed by atoms with Crippen LogP contribution >= 0.6 is 0 Å². The average molecular weight is 351 g/mol. The molecule has 0 atom stereocenters. The third kappa shape index (κ3) is 4.65. The summed E-state index contributed by atoms with van der Waals surface area (Å²) in [5, 5.41) is 3.50. The molecule has 27 heavy (non-hydrogen) atoms. The van der Waals surface area contributed by atoms with E-state index < -0.39 is 0 Å². The second-order valence-electron chi connectivity index (χ2n) is 6.48. The minimum atomic E-state index is 0.977. The topological polar surface area (TPSA) is 12.0 Å². The number of rotatable bonds is 6. The van der Waals surface area contributed by atoms with Gasteiger partial charge in [0.1, 0.15) is 0 Å². The SMILES string of the molecule is C=C(/C=C(\C=C/C)c1ccccc1C)c1ccccc1Nc1ccccc1. The lowest BCUT2D eigenvalue weighted by Gasteiger charge is -2.14. The lowest BCUT2D eigenvalue weighted by atomic mass is 9.95. The summed E-state index contributed by atoms with van der Waals surface area (Å²) in [6.45, 7) is 8.53. The molecule has 0 unspecified atom stereocenters. The average Bonchev–Trinajstić information content (AvgIpc) is 2.69. The van der Waals surface area contributed by atoms with Crippen molar-refractivity contribution in [3.8, 4) is 0 Å². The molecule has 1 nitrogen and oxygen atoms in total. The molecule has 0 bridgehead atoms. The molecular formula is C26H25N. The van der Waals surface area contributed by atoms with Crippen molar-refractivity contribution >= 4 is 22.5 Å². The van der Waals surface area contributed by atoms with Gasteiger partial charge in [-0.3, -0.25) is 0 Å². The van der Waals surface area contributed by atoms with E-state index in [4.69, 9.17) is 0 Å². The molecule has 0 aliphatic carbocycles. The third-order valence-corrected chi connectivity index (χ3v) is 4.46. The van der Waals surface area contributed by atoms with Crippen LogP contribution in [0.3, 0.4) is 0 Å². The fraction of sp³-hybridized carbons (Fsp3) is 0.0769. The Morgan fingerprint density at radius 2 is 1.44 bits per heavy atom. The van der Waals surface area contributed by atoms with E-state index in [0.717, 1.165) is 28.1 Å². The molecule has 0 saturated carbocycles. The van der Waals surface area contributed by atoms with Gasteiger partial charge in [-0.05, 0) is 60.4 Å². The summed E-state index contributed by atoms with van der Waals surface area (Å²) in [6, 6.07) is 26.9. The molecule has 0 aromatic heterocycles. The van der Waals surface area contributed by atoms with Gasteiger partial charge in [-0.25, -0.2) is 0 Å². The molecule has 3 aromatic rings. The molecule has 134 valence electrons. The van der Waals surface area contributed by atoms with Crippen molar-refractivity contribution < 1.29 is 0 Å². The molecule has 0 aliphatic rings. The number of anilines is 2. The van der Waals surface area contributed by atoms with E-state index >= 15 is 0 Å². The second-order valence-corrected chi connectivity index (χ2v) is 6.48. The van der Waals surface area contributed by atoms with E-state index in [1.807, 2.05) is 37.3 Å². The molecular weight excluding hydrogens is 326 g/mol. The lowest BCUT2D eigenvalue weighted by molar-refractivity contribution is 1.42. The molecule has 0 radical (unpaired) electrons. The van der Waals surface area contributed by atoms with Crippen molar-refractivity contribution in [1.29, 1.82) is 0 Å². The Balaban J connectivity index is 1.97. The number of benzene rings is 3. The molecule has 3 aromatic carbocycles. The molecule has 1 N–H and O–H groups in total. The predicted octanol–water partition coefficient (Wildman–Crippen LogP) is 7.41. The number of hydrogen-bond acceptors (Lipinski definition) is 1. The zero-order valence-corrected chi connectivity index (χ0v) is 15.9. The van der Waals surface area contributed by atoms with Crippen molar-refractivity contribution in [3.05, 3.63) is 120 Å². The molecule has 0 spiro atoms. The number of allylic oxidation sites excluding steroid dienone is 5. The van der Waals surface area contributed by atoms with E-state index in [1.54, 1.807) is 0 Å². The molecule has 3 rings (SSSR count). The van der Waals surface area contributed by atoms with Gasteiger partial charge in [0.2, 0.25) is 0 Å². The first kappa shape index (κ1) is 18.5. The van der Waals surface area contributed by atoms with Crippen molar-refractivity contribution in [2.45, 2.75) is 13.8 Å². The number of aryl methyl sites for hydroxylation is 1. The minimum absolute atomic E-state index is 0.977. The maximum absolute atomic E-state index is 4.35. The Morgan fingerprint density at radius 1 is 0.815 bits per heavy atom. The Kier molecular flexibility index (Phi) is 6.06. The fourth-order valence-corrected chi connectivity index (χ4v) is 3.11. The molecule has 0 saturated heterocycles. The van der Waals surface area contributed by atoms with Gasteiger partial charge >= 0.3 is 0 Å². The van der Waals surface area contributed by atoms with E-state index in [9.17, 15) is 0 Å². The lowest BCUT2D eigenvalue weighted by Crippen LogP contribution is -1.95. The molecule has 1 heteroatoms. The quantitative estimate of drug-likeness (QED) is 0.456. The van der Waals surface area contributed by atoms with E-state index in [2.05, 4.69) is 85.6 Å². The van der Waals surface area contributed by atoms with Gasteiger partial charge in [-0.1, -0.05) is 79.4 Å². The summed E-state index contributed by atoms with van der Waals surface area (Å²) < 4.78 is 0. The van der Waals surface area contributed by atoms with E-state index in [-0.39, 0.29) is 0 Å². The van der Waals surface area contributed by atoms with Gasteiger partial charge in [-0.15, -0.1) is 0 Å². The van der Waals surface area contributed by atoms with Crippen molar-refractivity contribution in [1.82, 2.24) is 0 Å². The van der Waals surface area contributed by atoms with Crippen molar-refractivity contribution in [2.75, 3.05) is 5.32 Å². The highest BCUT2D eigenvalue weighted by Gasteiger charge is 2.07.